The van der Waals surface area contributed by atoms with Crippen LogP contribution in [0, 0.1) is 5.82 Å². The van der Waals surface area contributed by atoms with Crippen LogP contribution in [0.3, 0.4) is 0 Å². The monoisotopic (exact) mass is 923 g/mol. The summed E-state index contributed by atoms with van der Waals surface area (Å²) in [5.74, 6) is 0.159. The average molecular weight is 924 g/mol. The molecule has 0 saturated carbocycles. The first kappa shape index (κ1) is 48.6. The second-order valence-corrected chi connectivity index (χ2v) is 16.9. The molecular formula is C49H54FN5O10S. The molecule has 0 aliphatic carbocycles. The number of carbonyl (C=O) groups excluding carboxylic acids is 3. The number of ether oxygens (including phenoxy) is 3. The Bertz CT molecular complexity index is 2630. The van der Waals surface area contributed by atoms with Gasteiger partial charge in [0, 0.05) is 48.3 Å². The lowest BCUT2D eigenvalue weighted by Crippen LogP contribution is -2.42. The van der Waals surface area contributed by atoms with Crippen LogP contribution in [0.5, 0.6) is 23.0 Å². The second kappa shape index (κ2) is 23.4. The van der Waals surface area contributed by atoms with Gasteiger partial charge in [-0.3, -0.25) is 29.3 Å². The molecule has 1 aliphatic rings. The first-order chi connectivity index (χ1) is 31.9. The Balaban J connectivity index is 0.943. The number of pyridine rings is 1. The third kappa shape index (κ3) is 12.9. The quantitative estimate of drug-likeness (QED) is 0.0229. The number of rotatable bonds is 22. The van der Waals surface area contributed by atoms with Gasteiger partial charge in [0.15, 0.2) is 6.10 Å². The highest BCUT2D eigenvalue weighted by atomic mass is 32.2. The fourth-order valence-corrected chi connectivity index (χ4v) is 8.28. The van der Waals surface area contributed by atoms with Crippen molar-refractivity contribution in [3.05, 3.63) is 125 Å². The maximum Gasteiger partial charge on any atom is 0.297 e. The molecule has 5 aromatic rings. The molecule has 348 valence electrons. The molecule has 66 heavy (non-hydrogen) atoms. The van der Waals surface area contributed by atoms with Crippen LogP contribution in [0.2, 0.25) is 0 Å². The molecular weight excluding hydrogens is 870 g/mol. The molecule has 1 aromatic heterocycles. The van der Waals surface area contributed by atoms with E-state index >= 15 is 0 Å². The van der Waals surface area contributed by atoms with Gasteiger partial charge in [-0.1, -0.05) is 63.6 Å². The number of anilines is 1. The normalized spacial score (nSPS) is 13.4. The number of hydrogen-bond acceptors (Lipinski definition) is 13. The predicted octanol–water partition coefficient (Wildman–Crippen LogP) is 7.67. The minimum absolute atomic E-state index is 0.0241. The largest absolute Gasteiger partial charge is 0.507 e. The van der Waals surface area contributed by atoms with E-state index in [2.05, 4.69) is 26.1 Å². The fourth-order valence-electron chi connectivity index (χ4n) is 7.11. The molecule has 0 saturated heterocycles. The van der Waals surface area contributed by atoms with Crippen molar-refractivity contribution in [3.63, 3.8) is 0 Å². The van der Waals surface area contributed by atoms with Gasteiger partial charge in [-0.2, -0.15) is 13.5 Å². The van der Waals surface area contributed by atoms with Crippen molar-refractivity contribution in [1.29, 1.82) is 0 Å². The van der Waals surface area contributed by atoms with Crippen LogP contribution in [0.15, 0.2) is 101 Å². The number of aryl methyl sites for hydroxylation is 2. The number of aromatic nitrogens is 1. The molecule has 2 heterocycles. The van der Waals surface area contributed by atoms with E-state index in [0.29, 0.717) is 85.7 Å². The minimum atomic E-state index is -3.97. The summed E-state index contributed by atoms with van der Waals surface area (Å²) in [6, 6.07) is 22.5. The SMILES string of the molecule is CCCOS(=O)(=O)c1ccccc1/C=N/Nc1ccc(C(=O)NC(=O)CCNC(=O)C2CCc3ccc(OCCCOc4cc(O)c(-c5ccc(F)cc5)cc4CC)c(CCC)c3O2)cn1. The molecule has 0 fully saturated rings. The Morgan fingerprint density at radius 3 is 2.44 bits per heavy atom. The number of imide groups is 1. The van der Waals surface area contributed by atoms with E-state index in [0.717, 1.165) is 23.1 Å². The molecule has 6 rings (SSSR count). The summed E-state index contributed by atoms with van der Waals surface area (Å²) in [5, 5.41) is 19.9. The maximum atomic E-state index is 13.5. The Labute approximate surface area is 383 Å². The van der Waals surface area contributed by atoms with Crippen molar-refractivity contribution in [1.82, 2.24) is 15.6 Å². The summed E-state index contributed by atoms with van der Waals surface area (Å²) < 4.78 is 62.2. The molecule has 0 bridgehead atoms. The van der Waals surface area contributed by atoms with E-state index < -0.39 is 28.0 Å². The highest BCUT2D eigenvalue weighted by molar-refractivity contribution is 7.86. The molecule has 4 aromatic carbocycles. The molecule has 3 amide bonds. The van der Waals surface area contributed by atoms with Gasteiger partial charge in [0.25, 0.3) is 21.9 Å². The first-order valence-corrected chi connectivity index (χ1v) is 23.4. The second-order valence-electron chi connectivity index (χ2n) is 15.3. The number of phenolic OH excluding ortho intramolecular Hbond substituents is 1. The number of aromatic hydroxyl groups is 1. The van der Waals surface area contributed by atoms with E-state index in [1.54, 1.807) is 43.3 Å². The van der Waals surface area contributed by atoms with E-state index in [9.17, 15) is 32.3 Å². The molecule has 17 heteroatoms. The number of amides is 3. The van der Waals surface area contributed by atoms with Crippen molar-refractivity contribution >= 4 is 39.9 Å². The first-order valence-electron chi connectivity index (χ1n) is 21.9. The van der Waals surface area contributed by atoms with Gasteiger partial charge in [-0.05, 0) is 91.3 Å². The lowest BCUT2D eigenvalue weighted by Gasteiger charge is -2.28. The number of nitrogens with one attached hydrogen (secondary N) is 3. The Morgan fingerprint density at radius 1 is 0.939 bits per heavy atom. The lowest BCUT2D eigenvalue weighted by atomic mass is 9.96. The zero-order chi connectivity index (χ0) is 47.1. The minimum Gasteiger partial charge on any atom is -0.507 e. The standard InChI is InChI=1S/C49H54FN5O10S/c1-4-10-38-41(62-26-9-27-63-43-29-40(56)39(28-32(43)6-3)33-13-18-37(50)19-14-33)20-15-34-16-21-42(65-47(34)38)49(59)51-24-23-46(57)54-48(58)36-17-22-45(52-30-36)55-53-31-35-11-7-8-12-44(35)66(60,61)64-25-5-2/h7-8,11-15,17-20,22,28-31,42,56H,4-6,9-10,16,21,23-27H2,1-3H3,(H,51,59)(H,52,55)(H,54,57,58)/b53-31+. The van der Waals surface area contributed by atoms with E-state index in [1.165, 1.54) is 42.7 Å². The molecule has 1 unspecified atom stereocenters. The zero-order valence-electron chi connectivity index (χ0n) is 37.1. The molecule has 0 spiro atoms. The van der Waals surface area contributed by atoms with Crippen LogP contribution in [0.1, 0.15) is 85.5 Å². The summed E-state index contributed by atoms with van der Waals surface area (Å²) in [4.78, 5) is 42.8. The number of carbonyl (C=O) groups is 3. The lowest BCUT2D eigenvalue weighted by molar-refractivity contribution is -0.128. The van der Waals surface area contributed by atoms with Gasteiger partial charge < -0.3 is 24.6 Å². The topological polar surface area (TPSA) is 204 Å². The molecule has 0 radical (unpaired) electrons. The van der Waals surface area contributed by atoms with E-state index in [4.69, 9.17) is 18.4 Å². The van der Waals surface area contributed by atoms with E-state index in [1.807, 2.05) is 32.0 Å². The van der Waals surface area contributed by atoms with Crippen LogP contribution >= 0.6 is 0 Å². The highest BCUT2D eigenvalue weighted by Gasteiger charge is 2.29. The maximum absolute atomic E-state index is 13.5. The van der Waals surface area contributed by atoms with Crippen molar-refractivity contribution in [3.8, 4) is 34.1 Å². The average Bonchev–Trinajstić information content (AvgIpc) is 3.32. The summed E-state index contributed by atoms with van der Waals surface area (Å²) in [6.45, 7) is 6.57. The van der Waals surface area contributed by atoms with Crippen molar-refractivity contribution in [2.24, 2.45) is 5.10 Å². The fraction of sp³-hybridized carbons (Fsp3) is 0.327. The number of phenols is 1. The third-order valence-corrected chi connectivity index (χ3v) is 11.9. The smallest absolute Gasteiger partial charge is 0.297 e. The third-order valence-electron chi connectivity index (χ3n) is 10.5. The zero-order valence-corrected chi connectivity index (χ0v) is 37.9. The molecule has 1 aliphatic heterocycles. The number of hydrazone groups is 1. The van der Waals surface area contributed by atoms with Crippen LogP contribution < -0.4 is 30.3 Å². The van der Waals surface area contributed by atoms with Gasteiger partial charge in [0.2, 0.25) is 5.91 Å². The van der Waals surface area contributed by atoms with Crippen LogP contribution in [0.4, 0.5) is 10.2 Å². The number of fused-ring (bicyclic) bond motifs is 1. The summed E-state index contributed by atoms with van der Waals surface area (Å²) in [5.41, 5.74) is 7.17. The number of nitrogens with zero attached hydrogens (tertiary/aromatic N) is 2. The van der Waals surface area contributed by atoms with Crippen LogP contribution in [-0.2, 0) is 43.2 Å². The molecule has 15 nitrogen and oxygen atoms in total. The van der Waals surface area contributed by atoms with Crippen molar-refractivity contribution in [2.45, 2.75) is 83.1 Å². The summed E-state index contributed by atoms with van der Waals surface area (Å²) in [6.07, 6.45) is 5.92. The Kier molecular flexibility index (Phi) is 17.2. The van der Waals surface area contributed by atoms with Gasteiger partial charge in [-0.15, -0.1) is 0 Å². The van der Waals surface area contributed by atoms with Crippen molar-refractivity contribution in [2.75, 3.05) is 31.8 Å². The highest BCUT2D eigenvalue weighted by Crippen LogP contribution is 2.39. The van der Waals surface area contributed by atoms with Crippen LogP contribution in [-0.4, -0.2) is 74.9 Å². The number of hydrogen-bond donors (Lipinski definition) is 4. The van der Waals surface area contributed by atoms with Gasteiger partial charge in [0.05, 0.1) is 31.6 Å². The number of benzene rings is 4. The summed E-state index contributed by atoms with van der Waals surface area (Å²) in [7, 11) is -3.97. The van der Waals surface area contributed by atoms with Crippen LogP contribution in [0.25, 0.3) is 11.1 Å². The predicted molar refractivity (Wildman–Crippen MR) is 247 cm³/mol. The number of halogens is 1. The molecule has 1 atom stereocenters. The Hall–Kier alpha value is -6.85. The summed E-state index contributed by atoms with van der Waals surface area (Å²) >= 11 is 0. The van der Waals surface area contributed by atoms with Gasteiger partial charge >= 0.3 is 0 Å². The van der Waals surface area contributed by atoms with Gasteiger partial charge in [0.1, 0.15) is 39.5 Å². The Morgan fingerprint density at radius 2 is 1.71 bits per heavy atom. The van der Waals surface area contributed by atoms with Gasteiger partial charge in [-0.25, -0.2) is 9.37 Å². The van der Waals surface area contributed by atoms with E-state index in [-0.39, 0.29) is 53.3 Å². The van der Waals surface area contributed by atoms with Crippen molar-refractivity contribution < 1.29 is 50.7 Å². The molecule has 4 N–H and O–H groups in total.